The largest absolute Gasteiger partial charge is 0.484 e. The van der Waals surface area contributed by atoms with Crippen LogP contribution in [0.5, 0.6) is 5.75 Å². The summed E-state index contributed by atoms with van der Waals surface area (Å²) < 4.78 is 18.3. The Balaban J connectivity index is 0.00000200. The van der Waals surface area contributed by atoms with Crippen LogP contribution in [-0.2, 0) is 4.79 Å². The Labute approximate surface area is 128 Å². The highest BCUT2D eigenvalue weighted by molar-refractivity contribution is 6.30. The lowest BCUT2D eigenvalue weighted by Crippen LogP contribution is -2.42. The molecule has 0 spiro atoms. The second-order valence-electron chi connectivity index (χ2n) is 4.48. The van der Waals surface area contributed by atoms with Gasteiger partial charge in [-0.1, -0.05) is 11.6 Å². The Morgan fingerprint density at radius 3 is 2.95 bits per heavy atom. The first-order chi connectivity index (χ1) is 9.11. The van der Waals surface area contributed by atoms with E-state index >= 15 is 0 Å². The standard InChI is InChI=1S/C13H16ClFN2O2.ClH/c14-11-6-10(3-4-12(11)15)19-8-13(18)17-5-1-2-9(17)7-16;/h3-4,6,9H,1-2,5,7-8,16H2;1H. The van der Waals surface area contributed by atoms with Gasteiger partial charge in [0.05, 0.1) is 5.02 Å². The Morgan fingerprint density at radius 2 is 2.30 bits per heavy atom. The maximum Gasteiger partial charge on any atom is 0.260 e. The van der Waals surface area contributed by atoms with Crippen LogP contribution in [0.3, 0.4) is 0 Å². The maximum atomic E-state index is 13.0. The van der Waals surface area contributed by atoms with Crippen molar-refractivity contribution >= 4 is 29.9 Å². The van der Waals surface area contributed by atoms with Gasteiger partial charge < -0.3 is 15.4 Å². The minimum Gasteiger partial charge on any atom is -0.484 e. The molecule has 1 atom stereocenters. The van der Waals surface area contributed by atoms with Crippen molar-refractivity contribution in [2.24, 2.45) is 5.73 Å². The number of nitrogens with two attached hydrogens (primary N) is 1. The van der Waals surface area contributed by atoms with Crippen molar-refractivity contribution in [3.05, 3.63) is 29.0 Å². The molecule has 1 fully saturated rings. The zero-order valence-electron chi connectivity index (χ0n) is 10.9. The fraction of sp³-hybridized carbons (Fsp3) is 0.462. The van der Waals surface area contributed by atoms with Gasteiger partial charge in [-0.15, -0.1) is 12.4 Å². The van der Waals surface area contributed by atoms with E-state index in [9.17, 15) is 9.18 Å². The first kappa shape index (κ1) is 17.0. The van der Waals surface area contributed by atoms with Crippen LogP contribution in [0, 0.1) is 5.82 Å². The minimum atomic E-state index is -0.511. The van der Waals surface area contributed by atoms with Crippen LogP contribution in [0.25, 0.3) is 0 Å². The molecule has 20 heavy (non-hydrogen) atoms. The average Bonchev–Trinajstić information content (AvgIpc) is 2.88. The lowest BCUT2D eigenvalue weighted by Gasteiger charge is -2.23. The number of carbonyl (C=O) groups is 1. The van der Waals surface area contributed by atoms with Crippen molar-refractivity contribution < 1.29 is 13.9 Å². The SMILES string of the molecule is Cl.NCC1CCCN1C(=O)COc1ccc(F)c(Cl)c1. The maximum absolute atomic E-state index is 13.0. The summed E-state index contributed by atoms with van der Waals surface area (Å²) in [4.78, 5) is 13.7. The number of hydrogen-bond donors (Lipinski definition) is 1. The molecule has 1 heterocycles. The number of amides is 1. The summed E-state index contributed by atoms with van der Waals surface area (Å²) in [5.41, 5.74) is 5.61. The molecule has 2 rings (SSSR count). The first-order valence-corrected chi connectivity index (χ1v) is 6.57. The number of rotatable bonds is 4. The van der Waals surface area contributed by atoms with Gasteiger partial charge in [-0.05, 0) is 25.0 Å². The summed E-state index contributed by atoms with van der Waals surface area (Å²) in [5, 5.41) is -0.0223. The van der Waals surface area contributed by atoms with Crippen molar-refractivity contribution in [2.45, 2.75) is 18.9 Å². The predicted molar refractivity (Wildman–Crippen MR) is 77.9 cm³/mol. The lowest BCUT2D eigenvalue weighted by molar-refractivity contribution is -0.134. The average molecular weight is 323 g/mol. The van der Waals surface area contributed by atoms with Crippen LogP contribution in [0.1, 0.15) is 12.8 Å². The molecule has 2 N–H and O–H groups in total. The van der Waals surface area contributed by atoms with E-state index < -0.39 is 5.82 Å². The number of likely N-dealkylation sites (tertiary alicyclic amines) is 1. The van der Waals surface area contributed by atoms with E-state index in [0.29, 0.717) is 18.8 Å². The third-order valence-electron chi connectivity index (χ3n) is 3.22. The molecule has 1 saturated heterocycles. The van der Waals surface area contributed by atoms with E-state index in [-0.39, 0.29) is 36.0 Å². The van der Waals surface area contributed by atoms with Crippen LogP contribution in [-0.4, -0.2) is 36.5 Å². The van der Waals surface area contributed by atoms with Gasteiger partial charge >= 0.3 is 0 Å². The molecule has 7 heteroatoms. The zero-order chi connectivity index (χ0) is 13.8. The van der Waals surface area contributed by atoms with Crippen LogP contribution in [0.15, 0.2) is 18.2 Å². The van der Waals surface area contributed by atoms with E-state index in [4.69, 9.17) is 22.1 Å². The van der Waals surface area contributed by atoms with Crippen molar-refractivity contribution in [3.63, 3.8) is 0 Å². The van der Waals surface area contributed by atoms with Crippen LogP contribution in [0.2, 0.25) is 5.02 Å². The monoisotopic (exact) mass is 322 g/mol. The third-order valence-corrected chi connectivity index (χ3v) is 3.51. The molecular formula is C13H17Cl2FN2O2. The lowest BCUT2D eigenvalue weighted by atomic mass is 10.2. The van der Waals surface area contributed by atoms with E-state index in [1.54, 1.807) is 4.90 Å². The molecule has 1 unspecified atom stereocenters. The molecular weight excluding hydrogens is 306 g/mol. The number of halogens is 3. The van der Waals surface area contributed by atoms with Gasteiger partial charge in [-0.25, -0.2) is 4.39 Å². The smallest absolute Gasteiger partial charge is 0.260 e. The number of ether oxygens (including phenoxy) is 1. The quantitative estimate of drug-likeness (QED) is 0.924. The number of hydrogen-bond acceptors (Lipinski definition) is 3. The molecule has 112 valence electrons. The van der Waals surface area contributed by atoms with Crippen LogP contribution in [0.4, 0.5) is 4.39 Å². The van der Waals surface area contributed by atoms with E-state index in [1.165, 1.54) is 18.2 Å². The minimum absolute atomic E-state index is 0. The molecule has 0 aliphatic carbocycles. The molecule has 0 saturated carbocycles. The van der Waals surface area contributed by atoms with Gasteiger partial charge in [0, 0.05) is 25.2 Å². The summed E-state index contributed by atoms with van der Waals surface area (Å²) in [7, 11) is 0. The summed E-state index contributed by atoms with van der Waals surface area (Å²) in [5.74, 6) is -0.236. The van der Waals surface area contributed by atoms with Gasteiger partial charge in [-0.2, -0.15) is 0 Å². The summed E-state index contributed by atoms with van der Waals surface area (Å²) >= 11 is 5.63. The first-order valence-electron chi connectivity index (χ1n) is 6.19. The van der Waals surface area contributed by atoms with Crippen LogP contribution >= 0.6 is 24.0 Å². The predicted octanol–water partition coefficient (Wildman–Crippen LogP) is 2.23. The highest BCUT2D eigenvalue weighted by Gasteiger charge is 2.27. The second kappa shape index (κ2) is 7.67. The van der Waals surface area contributed by atoms with Gasteiger partial charge in [0.15, 0.2) is 6.61 Å². The number of benzene rings is 1. The Kier molecular flexibility index (Phi) is 6.52. The number of carbonyl (C=O) groups excluding carboxylic acids is 1. The van der Waals surface area contributed by atoms with Gasteiger partial charge in [0.1, 0.15) is 11.6 Å². The molecule has 0 aromatic heterocycles. The Hall–Kier alpha value is -1.04. The highest BCUT2D eigenvalue weighted by atomic mass is 35.5. The normalized spacial score (nSPS) is 17.8. The molecule has 0 bridgehead atoms. The fourth-order valence-corrected chi connectivity index (χ4v) is 2.37. The van der Waals surface area contributed by atoms with E-state index in [0.717, 1.165) is 12.8 Å². The topological polar surface area (TPSA) is 55.6 Å². The summed E-state index contributed by atoms with van der Waals surface area (Å²) in [6.45, 7) is 1.10. The van der Waals surface area contributed by atoms with E-state index in [2.05, 4.69) is 0 Å². The van der Waals surface area contributed by atoms with Gasteiger partial charge in [0.25, 0.3) is 5.91 Å². The van der Waals surface area contributed by atoms with Crippen molar-refractivity contribution in [1.29, 1.82) is 0 Å². The van der Waals surface area contributed by atoms with Crippen molar-refractivity contribution in [2.75, 3.05) is 19.7 Å². The third kappa shape index (κ3) is 3.98. The van der Waals surface area contributed by atoms with Crippen LogP contribution < -0.4 is 10.5 Å². The molecule has 0 radical (unpaired) electrons. The van der Waals surface area contributed by atoms with E-state index in [1.807, 2.05) is 0 Å². The van der Waals surface area contributed by atoms with Gasteiger partial charge in [-0.3, -0.25) is 4.79 Å². The zero-order valence-corrected chi connectivity index (χ0v) is 12.4. The molecule has 1 aliphatic rings. The fourth-order valence-electron chi connectivity index (χ4n) is 2.20. The summed E-state index contributed by atoms with van der Waals surface area (Å²) in [6.07, 6.45) is 1.90. The molecule has 1 aliphatic heterocycles. The Bertz CT molecular complexity index is 474. The molecule has 1 aromatic carbocycles. The second-order valence-corrected chi connectivity index (χ2v) is 4.89. The Morgan fingerprint density at radius 1 is 1.55 bits per heavy atom. The summed E-state index contributed by atoms with van der Waals surface area (Å²) in [6, 6.07) is 4.11. The molecule has 4 nitrogen and oxygen atoms in total. The van der Waals surface area contributed by atoms with Gasteiger partial charge in [0.2, 0.25) is 0 Å². The molecule has 1 amide bonds. The van der Waals surface area contributed by atoms with Crippen molar-refractivity contribution in [3.8, 4) is 5.75 Å². The van der Waals surface area contributed by atoms with Crippen molar-refractivity contribution in [1.82, 2.24) is 4.90 Å². The number of nitrogens with zero attached hydrogens (tertiary/aromatic N) is 1. The highest BCUT2D eigenvalue weighted by Crippen LogP contribution is 2.21. The molecule has 1 aromatic rings.